The summed E-state index contributed by atoms with van der Waals surface area (Å²) in [5.41, 5.74) is 6.38. The molecule has 3 atom stereocenters. The number of piperidine rings is 2. The Labute approximate surface area is 165 Å². The van der Waals surface area contributed by atoms with Crippen molar-refractivity contribution in [2.75, 3.05) is 6.54 Å². The zero-order valence-electron chi connectivity index (χ0n) is 16.3. The number of fused-ring (bicyclic) bond motifs is 3. The molecule has 2 bridgehead atoms. The maximum absolute atomic E-state index is 13.0. The number of hydrogen-bond donors (Lipinski definition) is 2. The maximum Gasteiger partial charge on any atom is 0.273 e. The molecule has 0 aromatic carbocycles. The Morgan fingerprint density at radius 1 is 1.11 bits per heavy atom. The van der Waals surface area contributed by atoms with Crippen molar-refractivity contribution >= 4 is 11.8 Å². The second-order valence-electron chi connectivity index (χ2n) is 9.30. The van der Waals surface area contributed by atoms with Crippen molar-refractivity contribution in [1.29, 1.82) is 0 Å². The fourth-order valence-electron chi connectivity index (χ4n) is 5.36. The molecular formula is C21H30N4O3. The van der Waals surface area contributed by atoms with Gasteiger partial charge in [-0.15, -0.1) is 0 Å². The molecule has 2 aliphatic heterocycles. The number of rotatable bonds is 4. The van der Waals surface area contributed by atoms with Gasteiger partial charge in [-0.05, 0) is 63.7 Å². The molecule has 1 aromatic rings. The lowest BCUT2D eigenvalue weighted by molar-refractivity contribution is -0.145. The van der Waals surface area contributed by atoms with E-state index in [0.717, 1.165) is 70.1 Å². The predicted molar refractivity (Wildman–Crippen MR) is 103 cm³/mol. The van der Waals surface area contributed by atoms with Crippen LogP contribution in [-0.4, -0.2) is 46.5 Å². The summed E-state index contributed by atoms with van der Waals surface area (Å²) >= 11 is 0. The third kappa shape index (κ3) is 3.45. The first-order chi connectivity index (χ1) is 13.6. The Morgan fingerprint density at radius 3 is 2.57 bits per heavy atom. The minimum Gasteiger partial charge on any atom is -0.360 e. The summed E-state index contributed by atoms with van der Waals surface area (Å²) in [4.78, 5) is 27.8. The predicted octanol–water partition coefficient (Wildman–Crippen LogP) is 2.18. The van der Waals surface area contributed by atoms with Crippen LogP contribution in [0.15, 0.2) is 10.6 Å². The Morgan fingerprint density at radius 2 is 1.89 bits per heavy atom. The van der Waals surface area contributed by atoms with Crippen LogP contribution < -0.4 is 11.1 Å². The average Bonchev–Trinajstić information content (AvgIpc) is 3.45. The van der Waals surface area contributed by atoms with Crippen LogP contribution >= 0.6 is 0 Å². The number of nitrogens with one attached hydrogen (secondary N) is 1. The van der Waals surface area contributed by atoms with E-state index >= 15 is 0 Å². The van der Waals surface area contributed by atoms with Crippen molar-refractivity contribution in [3.63, 3.8) is 0 Å². The normalized spacial score (nSPS) is 35.0. The van der Waals surface area contributed by atoms with Gasteiger partial charge in [0.25, 0.3) is 5.91 Å². The van der Waals surface area contributed by atoms with Gasteiger partial charge in [-0.2, -0.15) is 0 Å². The third-order valence-corrected chi connectivity index (χ3v) is 7.30. The minimum atomic E-state index is -0.146. The molecule has 7 nitrogen and oxygen atoms in total. The van der Waals surface area contributed by atoms with Gasteiger partial charge < -0.3 is 20.5 Å². The van der Waals surface area contributed by atoms with E-state index in [4.69, 9.17) is 10.3 Å². The van der Waals surface area contributed by atoms with Gasteiger partial charge in [0, 0.05) is 42.6 Å². The Hall–Kier alpha value is -1.89. The molecule has 28 heavy (non-hydrogen) atoms. The van der Waals surface area contributed by atoms with Gasteiger partial charge in [-0.3, -0.25) is 9.59 Å². The van der Waals surface area contributed by atoms with Crippen molar-refractivity contribution in [1.82, 2.24) is 15.4 Å². The van der Waals surface area contributed by atoms with Gasteiger partial charge in [-0.25, -0.2) is 0 Å². The highest BCUT2D eigenvalue weighted by Gasteiger charge is 2.44. The van der Waals surface area contributed by atoms with Gasteiger partial charge >= 0.3 is 0 Å². The number of hydrogen-bond acceptors (Lipinski definition) is 5. The van der Waals surface area contributed by atoms with E-state index in [1.807, 2.05) is 0 Å². The highest BCUT2D eigenvalue weighted by Crippen LogP contribution is 2.40. The van der Waals surface area contributed by atoms with E-state index in [-0.39, 0.29) is 30.0 Å². The van der Waals surface area contributed by atoms with E-state index in [1.165, 1.54) is 0 Å². The van der Waals surface area contributed by atoms with Crippen molar-refractivity contribution in [3.8, 4) is 0 Å². The molecule has 3 N–H and O–H groups in total. The maximum atomic E-state index is 13.0. The lowest BCUT2D eigenvalue weighted by Crippen LogP contribution is -2.61. The van der Waals surface area contributed by atoms with E-state index in [2.05, 4.69) is 15.4 Å². The van der Waals surface area contributed by atoms with Crippen LogP contribution in [0.1, 0.15) is 80.0 Å². The SMILES string of the molecule is N[C@H]1CC[C@H](C(=O)N2CC3CCC2CC3NC(=O)c2cc(C3CC3)on2)CC1. The Bertz CT molecular complexity index is 751. The fraction of sp³-hybridized carbons (Fsp3) is 0.762. The van der Waals surface area contributed by atoms with Crippen LogP contribution in [0, 0.1) is 11.8 Å². The molecule has 3 unspecified atom stereocenters. The summed E-state index contributed by atoms with van der Waals surface area (Å²) in [6.45, 7) is 0.767. The monoisotopic (exact) mass is 386 g/mol. The number of nitrogens with zero attached hydrogens (tertiary/aromatic N) is 2. The van der Waals surface area contributed by atoms with Crippen molar-refractivity contribution in [2.45, 2.75) is 81.8 Å². The zero-order valence-corrected chi connectivity index (χ0v) is 16.3. The fourth-order valence-corrected chi connectivity index (χ4v) is 5.36. The molecule has 5 aliphatic rings. The van der Waals surface area contributed by atoms with Crippen LogP contribution in [0.25, 0.3) is 0 Å². The molecule has 0 spiro atoms. The highest BCUT2D eigenvalue weighted by molar-refractivity contribution is 5.92. The van der Waals surface area contributed by atoms with Crippen LogP contribution in [0.2, 0.25) is 0 Å². The topological polar surface area (TPSA) is 101 Å². The molecule has 3 saturated carbocycles. The number of carbonyl (C=O) groups excluding carboxylic acids is 2. The van der Waals surface area contributed by atoms with E-state index < -0.39 is 0 Å². The largest absolute Gasteiger partial charge is 0.360 e. The molecule has 2 amide bonds. The van der Waals surface area contributed by atoms with Gasteiger partial charge in [0.1, 0.15) is 5.76 Å². The average molecular weight is 386 g/mol. The van der Waals surface area contributed by atoms with E-state index in [1.54, 1.807) is 6.07 Å². The molecular weight excluding hydrogens is 356 g/mol. The van der Waals surface area contributed by atoms with Crippen LogP contribution in [-0.2, 0) is 4.79 Å². The lowest BCUT2D eigenvalue weighted by Gasteiger charge is -2.50. The van der Waals surface area contributed by atoms with E-state index in [0.29, 0.717) is 23.4 Å². The third-order valence-electron chi connectivity index (χ3n) is 7.30. The van der Waals surface area contributed by atoms with Crippen molar-refractivity contribution in [3.05, 3.63) is 17.5 Å². The number of carbonyl (C=O) groups is 2. The molecule has 152 valence electrons. The minimum absolute atomic E-state index is 0.121. The van der Waals surface area contributed by atoms with Crippen LogP contribution in [0.5, 0.6) is 0 Å². The van der Waals surface area contributed by atoms with Gasteiger partial charge in [0.05, 0.1) is 0 Å². The summed E-state index contributed by atoms with van der Waals surface area (Å²) in [5, 5.41) is 7.12. The summed E-state index contributed by atoms with van der Waals surface area (Å²) in [6, 6.07) is 2.42. The molecule has 7 heteroatoms. The highest BCUT2D eigenvalue weighted by atomic mass is 16.5. The number of amides is 2. The van der Waals surface area contributed by atoms with Gasteiger partial charge in [0.15, 0.2) is 5.69 Å². The number of aromatic nitrogens is 1. The summed E-state index contributed by atoms with van der Waals surface area (Å²) in [7, 11) is 0. The van der Waals surface area contributed by atoms with Crippen LogP contribution in [0.3, 0.4) is 0 Å². The molecule has 3 aliphatic carbocycles. The second kappa shape index (κ2) is 7.17. The first kappa shape index (κ1) is 18.2. The van der Waals surface area contributed by atoms with Gasteiger partial charge in [-0.1, -0.05) is 5.16 Å². The Balaban J connectivity index is 1.19. The van der Waals surface area contributed by atoms with Crippen molar-refractivity contribution in [2.24, 2.45) is 17.6 Å². The lowest BCUT2D eigenvalue weighted by atomic mass is 9.75. The second-order valence-corrected chi connectivity index (χ2v) is 9.30. The van der Waals surface area contributed by atoms with Crippen LogP contribution in [0.4, 0.5) is 0 Å². The molecule has 0 radical (unpaired) electrons. The smallest absolute Gasteiger partial charge is 0.273 e. The molecule has 2 saturated heterocycles. The Kier molecular flexibility index (Phi) is 4.65. The van der Waals surface area contributed by atoms with E-state index in [9.17, 15) is 9.59 Å². The van der Waals surface area contributed by atoms with Gasteiger partial charge in [0.2, 0.25) is 5.91 Å². The first-order valence-corrected chi connectivity index (χ1v) is 10.9. The molecule has 3 heterocycles. The zero-order chi connectivity index (χ0) is 19.3. The standard InChI is InChI=1S/C21H30N4O3/c22-15-6-3-13(4-7-15)21(27)25-11-14-5-8-16(25)9-17(14)23-20(26)18-10-19(28-24-18)12-1-2-12/h10,12-17H,1-9,11,22H2,(H,23,26)/t13-,14?,15-,16?,17?. The molecule has 6 rings (SSSR count). The molecule has 1 aromatic heterocycles. The molecule has 5 fully saturated rings. The first-order valence-electron chi connectivity index (χ1n) is 10.9. The van der Waals surface area contributed by atoms with Crippen molar-refractivity contribution < 1.29 is 14.1 Å². The number of nitrogens with two attached hydrogens (primary N) is 1. The summed E-state index contributed by atoms with van der Waals surface area (Å²) in [5.74, 6) is 1.93. The summed E-state index contributed by atoms with van der Waals surface area (Å²) in [6.07, 6.45) is 8.97. The summed E-state index contributed by atoms with van der Waals surface area (Å²) < 4.78 is 5.31. The quantitative estimate of drug-likeness (QED) is 0.826.